The van der Waals surface area contributed by atoms with E-state index in [0.717, 1.165) is 5.56 Å². The van der Waals surface area contributed by atoms with Crippen molar-refractivity contribution in [2.75, 3.05) is 0 Å². The van der Waals surface area contributed by atoms with E-state index in [1.807, 2.05) is 30.3 Å². The Hall–Kier alpha value is -3.39. The summed E-state index contributed by atoms with van der Waals surface area (Å²) in [6.45, 7) is 0.339. The average molecular weight is 368 g/mol. The molecule has 0 unspecified atom stereocenters. The Morgan fingerprint density at radius 1 is 0.852 bits per heavy atom. The Bertz CT molecular complexity index is 957. The topological polar surface area (TPSA) is 18.5 Å². The van der Waals surface area contributed by atoms with Crippen molar-refractivity contribution in [1.82, 2.24) is 0 Å². The molecule has 0 saturated carbocycles. The van der Waals surface area contributed by atoms with E-state index in [9.17, 15) is 13.2 Å². The molecule has 0 saturated heterocycles. The molecular formula is C22H15F3O2. The molecule has 0 aliphatic carbocycles. The Labute approximate surface area is 155 Å². The van der Waals surface area contributed by atoms with E-state index in [1.54, 1.807) is 30.3 Å². The summed E-state index contributed by atoms with van der Waals surface area (Å²) in [5.41, 5.74) is 2.16. The Kier molecular flexibility index (Phi) is 5.37. The standard InChI is InChI=1S/C22H15F3O2/c1-2-17-12-13-18(14-21(17)27-22(23,24)25)19-10-6-7-11-20(19)26-15-16-8-4-3-5-9-16/h1,3-14H,15H2. The quantitative estimate of drug-likeness (QED) is 0.529. The molecule has 0 aliphatic rings. The van der Waals surface area contributed by atoms with E-state index in [4.69, 9.17) is 11.2 Å². The van der Waals surface area contributed by atoms with Crippen LogP contribution in [0.5, 0.6) is 11.5 Å². The van der Waals surface area contributed by atoms with E-state index < -0.39 is 12.1 Å². The molecular weight excluding hydrogens is 353 g/mol. The normalized spacial score (nSPS) is 10.9. The number of alkyl halides is 3. The molecule has 0 spiro atoms. The van der Waals surface area contributed by atoms with Gasteiger partial charge in [0.25, 0.3) is 0 Å². The molecule has 3 aromatic rings. The number of rotatable bonds is 5. The van der Waals surface area contributed by atoms with E-state index in [-0.39, 0.29) is 5.56 Å². The fourth-order valence-electron chi connectivity index (χ4n) is 2.58. The molecule has 0 radical (unpaired) electrons. The molecule has 136 valence electrons. The van der Waals surface area contributed by atoms with Crippen LogP contribution >= 0.6 is 0 Å². The largest absolute Gasteiger partial charge is 0.573 e. The molecule has 5 heteroatoms. The zero-order valence-electron chi connectivity index (χ0n) is 14.2. The van der Waals surface area contributed by atoms with Crippen molar-refractivity contribution in [2.24, 2.45) is 0 Å². The van der Waals surface area contributed by atoms with E-state index >= 15 is 0 Å². The van der Waals surface area contributed by atoms with Gasteiger partial charge in [-0.1, -0.05) is 60.5 Å². The van der Waals surface area contributed by atoms with Crippen LogP contribution in [0.4, 0.5) is 13.2 Å². The molecule has 0 aromatic heterocycles. The second-order valence-electron chi connectivity index (χ2n) is 5.67. The third-order valence-electron chi connectivity index (χ3n) is 3.80. The third kappa shape index (κ3) is 4.83. The Balaban J connectivity index is 1.92. The predicted octanol–water partition coefficient (Wildman–Crippen LogP) is 5.81. The van der Waals surface area contributed by atoms with Crippen molar-refractivity contribution in [3.05, 3.63) is 83.9 Å². The molecule has 0 fully saturated rings. The smallest absolute Gasteiger partial charge is 0.488 e. The van der Waals surface area contributed by atoms with Crippen LogP contribution in [-0.2, 0) is 6.61 Å². The number of hydrogen-bond acceptors (Lipinski definition) is 2. The van der Waals surface area contributed by atoms with Crippen molar-refractivity contribution < 1.29 is 22.6 Å². The fourth-order valence-corrected chi connectivity index (χ4v) is 2.58. The van der Waals surface area contributed by atoms with Gasteiger partial charge in [0.1, 0.15) is 18.1 Å². The van der Waals surface area contributed by atoms with Gasteiger partial charge in [0, 0.05) is 5.56 Å². The van der Waals surface area contributed by atoms with Crippen molar-refractivity contribution >= 4 is 0 Å². The first-order valence-corrected chi connectivity index (χ1v) is 8.09. The molecule has 3 aromatic carbocycles. The summed E-state index contributed by atoms with van der Waals surface area (Å²) in [5.74, 6) is 2.33. The highest BCUT2D eigenvalue weighted by atomic mass is 19.4. The van der Waals surface area contributed by atoms with Gasteiger partial charge in [0.05, 0.1) is 5.56 Å². The molecule has 0 atom stereocenters. The zero-order chi connectivity index (χ0) is 19.3. The third-order valence-corrected chi connectivity index (χ3v) is 3.80. The maximum absolute atomic E-state index is 12.7. The summed E-state index contributed by atoms with van der Waals surface area (Å²) in [4.78, 5) is 0. The summed E-state index contributed by atoms with van der Waals surface area (Å²) in [6.07, 6.45) is 0.452. The predicted molar refractivity (Wildman–Crippen MR) is 97.3 cm³/mol. The first-order valence-electron chi connectivity index (χ1n) is 8.09. The lowest BCUT2D eigenvalue weighted by atomic mass is 10.0. The van der Waals surface area contributed by atoms with Crippen molar-refractivity contribution in [3.63, 3.8) is 0 Å². The molecule has 0 aliphatic heterocycles. The fraction of sp³-hybridized carbons (Fsp3) is 0.0909. The van der Waals surface area contributed by atoms with Gasteiger partial charge in [0.15, 0.2) is 0 Å². The first-order chi connectivity index (χ1) is 13.0. The van der Waals surface area contributed by atoms with Gasteiger partial charge in [-0.15, -0.1) is 19.6 Å². The minimum Gasteiger partial charge on any atom is -0.488 e. The lowest BCUT2D eigenvalue weighted by Gasteiger charge is -2.15. The number of ether oxygens (including phenoxy) is 2. The number of benzene rings is 3. The number of hydrogen-bond donors (Lipinski definition) is 0. The van der Waals surface area contributed by atoms with Crippen molar-refractivity contribution in [2.45, 2.75) is 13.0 Å². The summed E-state index contributed by atoms with van der Waals surface area (Å²) >= 11 is 0. The van der Waals surface area contributed by atoms with Crippen LogP contribution in [0, 0.1) is 12.3 Å². The van der Waals surface area contributed by atoms with Crippen LogP contribution < -0.4 is 9.47 Å². The van der Waals surface area contributed by atoms with Gasteiger partial charge < -0.3 is 9.47 Å². The summed E-state index contributed by atoms with van der Waals surface area (Å²) in [6, 6.07) is 21.0. The molecule has 0 N–H and O–H groups in total. The lowest BCUT2D eigenvalue weighted by molar-refractivity contribution is -0.274. The number of para-hydroxylation sites is 1. The second kappa shape index (κ2) is 7.88. The van der Waals surface area contributed by atoms with Crippen LogP contribution in [0.3, 0.4) is 0 Å². The molecule has 0 amide bonds. The monoisotopic (exact) mass is 368 g/mol. The first kappa shape index (κ1) is 18.4. The van der Waals surface area contributed by atoms with E-state index in [2.05, 4.69) is 10.7 Å². The van der Waals surface area contributed by atoms with Gasteiger partial charge in [-0.25, -0.2) is 0 Å². The van der Waals surface area contributed by atoms with Crippen LogP contribution in [-0.4, -0.2) is 6.36 Å². The van der Waals surface area contributed by atoms with Gasteiger partial charge >= 0.3 is 6.36 Å². The number of halogens is 3. The van der Waals surface area contributed by atoms with Crippen LogP contribution in [0.15, 0.2) is 72.8 Å². The minimum absolute atomic E-state index is 0.0266. The van der Waals surface area contributed by atoms with Crippen molar-refractivity contribution in [1.29, 1.82) is 0 Å². The van der Waals surface area contributed by atoms with Gasteiger partial charge in [-0.3, -0.25) is 0 Å². The molecule has 0 heterocycles. The van der Waals surface area contributed by atoms with Crippen molar-refractivity contribution in [3.8, 4) is 35.0 Å². The zero-order valence-corrected chi connectivity index (χ0v) is 14.2. The highest BCUT2D eigenvalue weighted by Gasteiger charge is 2.32. The highest BCUT2D eigenvalue weighted by molar-refractivity contribution is 5.73. The number of terminal acetylenes is 1. The van der Waals surface area contributed by atoms with Crippen LogP contribution in [0.25, 0.3) is 11.1 Å². The Morgan fingerprint density at radius 3 is 2.26 bits per heavy atom. The maximum atomic E-state index is 12.7. The molecule has 3 rings (SSSR count). The highest BCUT2D eigenvalue weighted by Crippen LogP contribution is 2.35. The van der Waals surface area contributed by atoms with Gasteiger partial charge in [0.2, 0.25) is 0 Å². The second-order valence-corrected chi connectivity index (χ2v) is 5.67. The van der Waals surface area contributed by atoms with Gasteiger partial charge in [-0.2, -0.15) is 0 Å². The van der Waals surface area contributed by atoms with E-state index in [1.165, 1.54) is 12.1 Å². The van der Waals surface area contributed by atoms with Gasteiger partial charge in [-0.05, 0) is 29.3 Å². The van der Waals surface area contributed by atoms with Crippen LogP contribution in [0.1, 0.15) is 11.1 Å². The van der Waals surface area contributed by atoms with Crippen LogP contribution in [0.2, 0.25) is 0 Å². The maximum Gasteiger partial charge on any atom is 0.573 e. The average Bonchev–Trinajstić information content (AvgIpc) is 2.66. The SMILES string of the molecule is C#Cc1ccc(-c2ccccc2OCc2ccccc2)cc1OC(F)(F)F. The minimum atomic E-state index is -4.83. The molecule has 0 bridgehead atoms. The molecule has 27 heavy (non-hydrogen) atoms. The Morgan fingerprint density at radius 2 is 1.56 bits per heavy atom. The molecule has 2 nitrogen and oxygen atoms in total. The van der Waals surface area contributed by atoms with E-state index in [0.29, 0.717) is 23.5 Å². The lowest BCUT2D eigenvalue weighted by Crippen LogP contribution is -2.17. The summed E-state index contributed by atoms with van der Waals surface area (Å²) in [7, 11) is 0. The summed E-state index contributed by atoms with van der Waals surface area (Å²) < 4.78 is 47.9. The summed E-state index contributed by atoms with van der Waals surface area (Å²) in [5, 5.41) is 0.